The van der Waals surface area contributed by atoms with Gasteiger partial charge in [0.2, 0.25) is 11.1 Å². The second-order valence-electron chi connectivity index (χ2n) is 6.14. The number of aryl methyl sites for hydroxylation is 2. The van der Waals surface area contributed by atoms with E-state index in [-0.39, 0.29) is 12.3 Å². The number of aromatic nitrogens is 4. The highest BCUT2D eigenvalue weighted by Crippen LogP contribution is 2.25. The summed E-state index contributed by atoms with van der Waals surface area (Å²) >= 11 is 1.29. The number of carbonyl (C=O) groups is 1. The van der Waals surface area contributed by atoms with Crippen molar-refractivity contribution in [1.29, 1.82) is 5.26 Å². The van der Waals surface area contributed by atoms with Crippen molar-refractivity contribution in [2.45, 2.75) is 37.6 Å². The molecule has 0 bridgehead atoms. The summed E-state index contributed by atoms with van der Waals surface area (Å²) in [7, 11) is 0. The Morgan fingerprint density at radius 2 is 2.04 bits per heavy atom. The molecule has 0 aliphatic heterocycles. The molecule has 3 rings (SSSR count). The lowest BCUT2D eigenvalue weighted by molar-refractivity contribution is -0.117. The number of amides is 1. The average Bonchev–Trinajstić information content (AvgIpc) is 3.05. The lowest BCUT2D eigenvalue weighted by Crippen LogP contribution is -2.37. The highest BCUT2D eigenvalue weighted by molar-refractivity contribution is 8.00. The summed E-state index contributed by atoms with van der Waals surface area (Å²) < 4.78 is 1.68. The van der Waals surface area contributed by atoms with Crippen LogP contribution in [-0.2, 0) is 4.79 Å². The number of anilines is 1. The molecular formula is C19H20N6OS. The summed E-state index contributed by atoms with van der Waals surface area (Å²) in [6.45, 7) is 6.03. The zero-order chi connectivity index (χ0) is 19.4. The summed E-state index contributed by atoms with van der Waals surface area (Å²) in [6, 6.07) is 13.4. The maximum atomic E-state index is 13.0. The van der Waals surface area contributed by atoms with E-state index < -0.39 is 5.25 Å². The van der Waals surface area contributed by atoms with E-state index in [0.29, 0.717) is 17.5 Å². The molecule has 1 atom stereocenters. The van der Waals surface area contributed by atoms with Crippen molar-refractivity contribution in [3.63, 3.8) is 0 Å². The van der Waals surface area contributed by atoms with Gasteiger partial charge in [0.1, 0.15) is 0 Å². The van der Waals surface area contributed by atoms with Crippen LogP contribution in [0.3, 0.4) is 0 Å². The van der Waals surface area contributed by atoms with E-state index in [2.05, 4.69) is 21.1 Å². The number of rotatable bonds is 6. The fourth-order valence-electron chi connectivity index (χ4n) is 2.76. The predicted molar refractivity (Wildman–Crippen MR) is 105 cm³/mol. The van der Waals surface area contributed by atoms with Gasteiger partial charge in [-0.25, -0.2) is 9.50 Å². The van der Waals surface area contributed by atoms with Crippen LogP contribution >= 0.6 is 11.8 Å². The third kappa shape index (κ3) is 4.26. The number of hydrogen-bond donors (Lipinski definition) is 0. The lowest BCUT2D eigenvalue weighted by atomic mass is 10.2. The monoisotopic (exact) mass is 380 g/mol. The first kappa shape index (κ1) is 18.9. The Hall–Kier alpha value is -2.92. The van der Waals surface area contributed by atoms with Crippen molar-refractivity contribution in [3.05, 3.63) is 47.8 Å². The summed E-state index contributed by atoms with van der Waals surface area (Å²) in [5, 5.41) is 13.5. The van der Waals surface area contributed by atoms with E-state index in [1.807, 2.05) is 57.2 Å². The van der Waals surface area contributed by atoms with Crippen LogP contribution in [0.25, 0.3) is 5.78 Å². The van der Waals surface area contributed by atoms with Crippen molar-refractivity contribution < 1.29 is 4.79 Å². The first-order chi connectivity index (χ1) is 13.0. The molecule has 2 heterocycles. The molecule has 0 spiro atoms. The van der Waals surface area contributed by atoms with Crippen LogP contribution in [0.2, 0.25) is 0 Å². The first-order valence-electron chi connectivity index (χ1n) is 8.60. The van der Waals surface area contributed by atoms with E-state index in [1.54, 1.807) is 9.42 Å². The molecule has 1 aromatic carbocycles. The zero-order valence-corrected chi connectivity index (χ0v) is 16.3. The Morgan fingerprint density at radius 1 is 1.30 bits per heavy atom. The second-order valence-corrected chi connectivity index (χ2v) is 7.45. The van der Waals surface area contributed by atoms with Gasteiger partial charge in [-0.05, 0) is 39.0 Å². The molecule has 0 N–H and O–H groups in total. The van der Waals surface area contributed by atoms with Crippen molar-refractivity contribution in [1.82, 2.24) is 19.6 Å². The van der Waals surface area contributed by atoms with E-state index >= 15 is 0 Å². The molecule has 0 radical (unpaired) electrons. The van der Waals surface area contributed by atoms with Gasteiger partial charge >= 0.3 is 0 Å². The average molecular weight is 380 g/mol. The van der Waals surface area contributed by atoms with Crippen LogP contribution in [0.1, 0.15) is 24.7 Å². The van der Waals surface area contributed by atoms with Gasteiger partial charge in [0, 0.05) is 23.6 Å². The minimum atomic E-state index is -0.400. The molecule has 0 aliphatic rings. The van der Waals surface area contributed by atoms with Gasteiger partial charge in [-0.15, -0.1) is 5.10 Å². The van der Waals surface area contributed by atoms with Crippen molar-refractivity contribution in [3.8, 4) is 6.07 Å². The number of para-hydroxylation sites is 1. The smallest absolute Gasteiger partial charge is 0.253 e. The first-order valence-corrected chi connectivity index (χ1v) is 9.48. The molecule has 0 fully saturated rings. The molecule has 3 aromatic rings. The molecule has 0 unspecified atom stereocenters. The number of carbonyl (C=O) groups excluding carboxylic acids is 1. The molecule has 8 heteroatoms. The summed E-state index contributed by atoms with van der Waals surface area (Å²) in [6.07, 6.45) is 0.271. The van der Waals surface area contributed by atoms with Crippen LogP contribution in [0.15, 0.2) is 41.6 Å². The quantitative estimate of drug-likeness (QED) is 0.611. The van der Waals surface area contributed by atoms with Crippen LogP contribution in [0.5, 0.6) is 0 Å². The molecule has 0 aliphatic carbocycles. The predicted octanol–water partition coefficient (Wildman–Crippen LogP) is 3.17. The minimum absolute atomic E-state index is 0.0823. The summed E-state index contributed by atoms with van der Waals surface area (Å²) in [5.41, 5.74) is 2.59. The van der Waals surface area contributed by atoms with Gasteiger partial charge in [-0.2, -0.15) is 10.2 Å². The Labute approximate surface area is 162 Å². The van der Waals surface area contributed by atoms with Gasteiger partial charge in [-0.3, -0.25) is 4.79 Å². The normalized spacial score (nSPS) is 11.9. The molecular weight excluding hydrogens is 360 g/mol. The SMILES string of the molecule is Cc1cc(C)n2nc(S[C@H](C)C(=O)N(CCC#N)c3ccccc3)nc2n1. The highest BCUT2D eigenvalue weighted by atomic mass is 32.2. The number of benzene rings is 1. The zero-order valence-electron chi connectivity index (χ0n) is 15.5. The van der Waals surface area contributed by atoms with Crippen LogP contribution < -0.4 is 4.90 Å². The summed E-state index contributed by atoms with van der Waals surface area (Å²) in [4.78, 5) is 23.5. The molecule has 7 nitrogen and oxygen atoms in total. The van der Waals surface area contributed by atoms with Gasteiger partial charge in [-0.1, -0.05) is 30.0 Å². The van der Waals surface area contributed by atoms with E-state index in [4.69, 9.17) is 5.26 Å². The standard InChI is InChI=1S/C19H20N6OS/c1-13-12-14(2)25-18(21-13)22-19(23-25)27-15(3)17(26)24(11-7-10-20)16-8-5-4-6-9-16/h4-6,8-9,12,15H,7,11H2,1-3H3/t15-/m1/s1. The topological polar surface area (TPSA) is 87.2 Å². The number of hydrogen-bond acceptors (Lipinski definition) is 6. The van der Waals surface area contributed by atoms with Gasteiger partial charge in [0.25, 0.3) is 5.78 Å². The Morgan fingerprint density at radius 3 is 2.74 bits per heavy atom. The molecule has 0 saturated heterocycles. The molecule has 0 saturated carbocycles. The summed E-state index contributed by atoms with van der Waals surface area (Å²) in [5.74, 6) is 0.445. The number of fused-ring (bicyclic) bond motifs is 1. The number of thioether (sulfide) groups is 1. The molecule has 1 amide bonds. The third-order valence-electron chi connectivity index (χ3n) is 4.01. The maximum Gasteiger partial charge on any atom is 0.253 e. The van der Waals surface area contributed by atoms with Gasteiger partial charge in [0.05, 0.1) is 17.7 Å². The molecule has 27 heavy (non-hydrogen) atoms. The van der Waals surface area contributed by atoms with Crippen LogP contribution in [-0.4, -0.2) is 37.3 Å². The largest absolute Gasteiger partial charge is 0.310 e. The fraction of sp³-hybridized carbons (Fsp3) is 0.316. The minimum Gasteiger partial charge on any atom is -0.310 e. The highest BCUT2D eigenvalue weighted by Gasteiger charge is 2.24. The van der Waals surface area contributed by atoms with Crippen molar-refractivity contribution >= 4 is 29.1 Å². The van der Waals surface area contributed by atoms with Crippen LogP contribution in [0.4, 0.5) is 5.69 Å². The molecule has 138 valence electrons. The van der Waals surface area contributed by atoms with E-state index in [0.717, 1.165) is 17.1 Å². The van der Waals surface area contributed by atoms with E-state index in [9.17, 15) is 4.79 Å². The second kappa shape index (κ2) is 8.18. The maximum absolute atomic E-state index is 13.0. The van der Waals surface area contributed by atoms with E-state index in [1.165, 1.54) is 11.8 Å². The van der Waals surface area contributed by atoms with Gasteiger partial charge < -0.3 is 4.90 Å². The molecule has 2 aromatic heterocycles. The Balaban J connectivity index is 1.81. The number of nitriles is 1. The fourth-order valence-corrected chi connectivity index (χ4v) is 3.57. The lowest BCUT2D eigenvalue weighted by Gasteiger charge is -2.24. The Bertz CT molecular complexity index is 995. The Kier molecular flexibility index (Phi) is 5.72. The van der Waals surface area contributed by atoms with Crippen molar-refractivity contribution in [2.24, 2.45) is 0 Å². The number of nitrogens with zero attached hydrogens (tertiary/aromatic N) is 6. The third-order valence-corrected chi connectivity index (χ3v) is 4.95. The van der Waals surface area contributed by atoms with Gasteiger partial charge in [0.15, 0.2) is 0 Å². The van der Waals surface area contributed by atoms with Crippen molar-refractivity contribution in [2.75, 3.05) is 11.4 Å². The van der Waals surface area contributed by atoms with Crippen LogP contribution in [0, 0.1) is 25.2 Å².